The first-order valence-corrected chi connectivity index (χ1v) is 9.15. The maximum absolute atomic E-state index is 12.7. The molecule has 1 aliphatic carbocycles. The third-order valence-electron chi connectivity index (χ3n) is 4.94. The zero-order valence-electron chi connectivity index (χ0n) is 15.0. The molecule has 0 radical (unpaired) electrons. The van der Waals surface area contributed by atoms with Crippen molar-refractivity contribution >= 4 is 5.91 Å². The van der Waals surface area contributed by atoms with Crippen molar-refractivity contribution in [1.29, 1.82) is 0 Å². The Balaban J connectivity index is 1.86. The molecule has 1 heterocycles. The summed E-state index contributed by atoms with van der Waals surface area (Å²) < 4.78 is 0. The summed E-state index contributed by atoms with van der Waals surface area (Å²) in [4.78, 5) is 19.2. The average molecular weight is 323 g/mol. The van der Waals surface area contributed by atoms with E-state index >= 15 is 0 Å². The fourth-order valence-corrected chi connectivity index (χ4v) is 3.71. The molecule has 2 atom stereocenters. The van der Waals surface area contributed by atoms with Crippen LogP contribution in [0.15, 0.2) is 11.8 Å². The zero-order chi connectivity index (χ0) is 16.8. The van der Waals surface area contributed by atoms with Crippen LogP contribution >= 0.6 is 0 Å². The molecule has 5 heteroatoms. The Bertz CT molecular complexity index is 422. The number of hydrogen-bond acceptors (Lipinski definition) is 4. The van der Waals surface area contributed by atoms with Crippen molar-refractivity contribution in [2.45, 2.75) is 58.6 Å². The summed E-state index contributed by atoms with van der Waals surface area (Å²) in [5.41, 5.74) is 1.23. The Kier molecular flexibility index (Phi) is 7.06. The van der Waals surface area contributed by atoms with Gasteiger partial charge in [0.2, 0.25) is 5.91 Å². The van der Waals surface area contributed by atoms with Crippen molar-refractivity contribution in [3.05, 3.63) is 11.8 Å². The summed E-state index contributed by atoms with van der Waals surface area (Å²) in [5, 5.41) is 9.56. The minimum Gasteiger partial charge on any atom is -0.392 e. The molecule has 0 aromatic carbocycles. The van der Waals surface area contributed by atoms with E-state index in [2.05, 4.69) is 29.7 Å². The van der Waals surface area contributed by atoms with Crippen molar-refractivity contribution in [2.24, 2.45) is 0 Å². The van der Waals surface area contributed by atoms with Gasteiger partial charge >= 0.3 is 0 Å². The van der Waals surface area contributed by atoms with Gasteiger partial charge in [-0.15, -0.1) is 0 Å². The highest BCUT2D eigenvalue weighted by atomic mass is 16.3. The molecule has 5 nitrogen and oxygen atoms in total. The SMILES string of the molecule is CCN(C(=O)CN1CCN(C[C@H](C)O)[C@@H](C)C1)C1=CCCCC1. The van der Waals surface area contributed by atoms with Crippen LogP contribution in [0, 0.1) is 0 Å². The van der Waals surface area contributed by atoms with Gasteiger partial charge in [-0.3, -0.25) is 14.6 Å². The minimum absolute atomic E-state index is 0.233. The van der Waals surface area contributed by atoms with Crippen molar-refractivity contribution in [2.75, 3.05) is 39.3 Å². The molecule has 1 aliphatic heterocycles. The molecular formula is C18H33N3O2. The molecule has 0 unspecified atom stereocenters. The summed E-state index contributed by atoms with van der Waals surface area (Å²) in [6, 6.07) is 0.384. The first-order valence-electron chi connectivity index (χ1n) is 9.15. The summed E-state index contributed by atoms with van der Waals surface area (Å²) in [6.45, 7) is 10.8. The van der Waals surface area contributed by atoms with E-state index in [-0.39, 0.29) is 12.0 Å². The molecule has 1 amide bonds. The molecule has 1 saturated heterocycles. The van der Waals surface area contributed by atoms with Gasteiger partial charge in [-0.1, -0.05) is 6.08 Å². The van der Waals surface area contributed by atoms with Crippen LogP contribution in [0.25, 0.3) is 0 Å². The maximum atomic E-state index is 12.7. The van der Waals surface area contributed by atoms with Crippen LogP contribution in [-0.2, 0) is 4.79 Å². The Labute approximate surface area is 140 Å². The van der Waals surface area contributed by atoms with Gasteiger partial charge in [0, 0.05) is 44.5 Å². The van der Waals surface area contributed by atoms with Gasteiger partial charge in [0.05, 0.1) is 12.6 Å². The van der Waals surface area contributed by atoms with Gasteiger partial charge in [-0.2, -0.15) is 0 Å². The fraction of sp³-hybridized carbons (Fsp3) is 0.833. The number of amides is 1. The van der Waals surface area contributed by atoms with Gasteiger partial charge in [0.1, 0.15) is 0 Å². The maximum Gasteiger partial charge on any atom is 0.240 e. The fourth-order valence-electron chi connectivity index (χ4n) is 3.71. The lowest BCUT2D eigenvalue weighted by Gasteiger charge is -2.40. The van der Waals surface area contributed by atoms with E-state index in [1.165, 1.54) is 18.5 Å². The predicted molar refractivity (Wildman–Crippen MR) is 93.1 cm³/mol. The number of allylic oxidation sites excluding steroid dienone is 2. The summed E-state index contributed by atoms with van der Waals surface area (Å²) in [5.74, 6) is 0.233. The second-order valence-electron chi connectivity index (χ2n) is 7.01. The number of nitrogens with zero attached hydrogens (tertiary/aromatic N) is 3. The third-order valence-corrected chi connectivity index (χ3v) is 4.94. The molecule has 132 valence electrons. The predicted octanol–water partition coefficient (Wildman–Crippen LogP) is 1.68. The van der Waals surface area contributed by atoms with Crippen LogP contribution < -0.4 is 0 Å². The van der Waals surface area contributed by atoms with Crippen LogP contribution in [0.3, 0.4) is 0 Å². The van der Waals surface area contributed by atoms with Crippen LogP contribution in [-0.4, -0.2) is 77.1 Å². The first-order chi connectivity index (χ1) is 11.0. The van der Waals surface area contributed by atoms with Crippen LogP contribution in [0.4, 0.5) is 0 Å². The number of likely N-dealkylation sites (N-methyl/N-ethyl adjacent to an activating group) is 1. The smallest absolute Gasteiger partial charge is 0.240 e. The number of carbonyl (C=O) groups is 1. The molecular weight excluding hydrogens is 290 g/mol. The minimum atomic E-state index is -0.292. The van der Waals surface area contributed by atoms with Crippen LogP contribution in [0.2, 0.25) is 0 Å². The zero-order valence-corrected chi connectivity index (χ0v) is 15.0. The van der Waals surface area contributed by atoms with Crippen LogP contribution in [0.1, 0.15) is 46.5 Å². The third kappa shape index (κ3) is 5.30. The number of aliphatic hydroxyl groups excluding tert-OH is 1. The highest BCUT2D eigenvalue weighted by Gasteiger charge is 2.27. The first kappa shape index (κ1) is 18.4. The molecule has 23 heavy (non-hydrogen) atoms. The highest BCUT2D eigenvalue weighted by molar-refractivity contribution is 5.80. The largest absolute Gasteiger partial charge is 0.392 e. The Hall–Kier alpha value is -0.910. The Morgan fingerprint density at radius 1 is 1.43 bits per heavy atom. The Morgan fingerprint density at radius 3 is 2.78 bits per heavy atom. The molecule has 0 saturated carbocycles. The average Bonchev–Trinajstić information content (AvgIpc) is 2.51. The standard InChI is InChI=1S/C18H33N3O2/c1-4-21(17-8-6-5-7-9-17)18(23)14-19-10-11-20(13-16(3)22)15(2)12-19/h8,15-16,22H,4-7,9-14H2,1-3H3/t15-,16-/m0/s1. The normalized spacial score (nSPS) is 25.0. The van der Waals surface area contributed by atoms with Crippen molar-refractivity contribution in [3.63, 3.8) is 0 Å². The van der Waals surface area contributed by atoms with Crippen LogP contribution in [0.5, 0.6) is 0 Å². The van der Waals surface area contributed by atoms with Gasteiger partial charge in [0.25, 0.3) is 0 Å². The lowest BCUT2D eigenvalue weighted by atomic mass is 10.0. The number of hydrogen-bond donors (Lipinski definition) is 1. The molecule has 0 aromatic heterocycles. The van der Waals surface area contributed by atoms with Crippen molar-refractivity contribution < 1.29 is 9.90 Å². The molecule has 2 aliphatic rings. The number of aliphatic hydroxyl groups is 1. The van der Waals surface area contributed by atoms with E-state index in [1.54, 1.807) is 0 Å². The second-order valence-corrected chi connectivity index (χ2v) is 7.01. The summed E-state index contributed by atoms with van der Waals surface area (Å²) >= 11 is 0. The molecule has 2 rings (SSSR count). The molecule has 0 spiro atoms. The van der Waals surface area contributed by atoms with Crippen molar-refractivity contribution in [1.82, 2.24) is 14.7 Å². The van der Waals surface area contributed by atoms with E-state index in [1.807, 2.05) is 11.8 Å². The molecule has 1 N–H and O–H groups in total. The highest BCUT2D eigenvalue weighted by Crippen LogP contribution is 2.21. The molecule has 0 aromatic rings. The van der Waals surface area contributed by atoms with Gasteiger partial charge < -0.3 is 10.0 Å². The molecule has 0 bridgehead atoms. The van der Waals surface area contributed by atoms with E-state index in [4.69, 9.17) is 0 Å². The lowest BCUT2D eigenvalue weighted by molar-refractivity contribution is -0.131. The second kappa shape index (κ2) is 8.81. The van der Waals surface area contributed by atoms with Gasteiger partial charge in [0.15, 0.2) is 0 Å². The molecule has 1 fully saturated rings. The lowest BCUT2D eigenvalue weighted by Crippen LogP contribution is -2.55. The topological polar surface area (TPSA) is 47.0 Å². The quantitative estimate of drug-likeness (QED) is 0.808. The summed E-state index contributed by atoms with van der Waals surface area (Å²) in [7, 11) is 0. The van der Waals surface area contributed by atoms with Crippen molar-refractivity contribution in [3.8, 4) is 0 Å². The van der Waals surface area contributed by atoms with E-state index in [0.29, 0.717) is 12.6 Å². The summed E-state index contributed by atoms with van der Waals surface area (Å²) in [6.07, 6.45) is 6.54. The van der Waals surface area contributed by atoms with E-state index in [9.17, 15) is 9.90 Å². The number of β-amino-alcohol motifs (C(OH)–C–C–N with tert-alkyl or cyclic N) is 1. The Morgan fingerprint density at radius 2 is 2.22 bits per heavy atom. The number of piperazine rings is 1. The van der Waals surface area contributed by atoms with Gasteiger partial charge in [-0.25, -0.2) is 0 Å². The number of carbonyl (C=O) groups excluding carboxylic acids is 1. The van der Waals surface area contributed by atoms with Gasteiger partial charge in [-0.05, 0) is 46.5 Å². The van der Waals surface area contributed by atoms with E-state index < -0.39 is 0 Å². The van der Waals surface area contributed by atoms with E-state index in [0.717, 1.165) is 45.6 Å². The monoisotopic (exact) mass is 323 g/mol. The number of rotatable bonds is 6.